The lowest BCUT2D eigenvalue weighted by molar-refractivity contribution is -0.153. The monoisotopic (exact) mass is 393 g/mol. The maximum atomic E-state index is 12.3. The van der Waals surface area contributed by atoms with Crippen molar-refractivity contribution in [3.8, 4) is 5.75 Å². The van der Waals surface area contributed by atoms with Gasteiger partial charge in [-0.25, -0.2) is 4.79 Å². The molecular weight excluding hydrogens is 370 g/mol. The smallest absolute Gasteiger partial charge is 0.344 e. The van der Waals surface area contributed by atoms with Gasteiger partial charge >= 0.3 is 5.97 Å². The summed E-state index contributed by atoms with van der Waals surface area (Å²) in [5.74, 6) is -0.440. The van der Waals surface area contributed by atoms with E-state index in [1.807, 2.05) is 24.3 Å². The highest BCUT2D eigenvalue weighted by Gasteiger charge is 2.19. The van der Waals surface area contributed by atoms with E-state index in [2.05, 4.69) is 12.1 Å². The number of benzene rings is 2. The number of amides is 1. The third-order valence-electron chi connectivity index (χ3n) is 4.68. The van der Waals surface area contributed by atoms with Gasteiger partial charge in [0.15, 0.2) is 19.0 Å². The molecule has 0 unspecified atom stereocenters. The molecule has 0 saturated heterocycles. The lowest BCUT2D eigenvalue weighted by Crippen LogP contribution is -2.38. The predicted molar refractivity (Wildman–Crippen MR) is 109 cm³/mol. The molecule has 0 saturated carbocycles. The molecule has 2 aromatic rings. The Bertz CT molecular complexity index is 903. The number of Topliss-reactive ketones (excluding diaryl/α,β-unsaturated/α-hetero) is 1. The Hall–Kier alpha value is -3.41. The number of carbonyl (C=O) groups is 3. The number of rotatable bonds is 7. The molecule has 0 fully saturated rings. The quantitative estimate of drug-likeness (QED) is 0.534. The zero-order valence-electron chi connectivity index (χ0n) is 16.3. The largest absolute Gasteiger partial charge is 0.482 e. The standard InChI is InChI=1S/C23H23NO5/c1-17(25)18-7-9-21(10-8-18)28-16-23(27)29-15-22(26)24-13-11-20(12-14-24)19-5-3-2-4-6-19/h2-11H,12-16H2,1H3. The average molecular weight is 393 g/mol. The molecule has 150 valence electrons. The van der Waals surface area contributed by atoms with Gasteiger partial charge in [0, 0.05) is 18.7 Å². The van der Waals surface area contributed by atoms with Crippen LogP contribution in [-0.2, 0) is 14.3 Å². The van der Waals surface area contributed by atoms with E-state index in [0.717, 1.165) is 6.42 Å². The molecule has 0 bridgehead atoms. The van der Waals surface area contributed by atoms with Crippen LogP contribution in [0.15, 0.2) is 60.7 Å². The molecule has 1 amide bonds. The van der Waals surface area contributed by atoms with Gasteiger partial charge in [-0.05, 0) is 48.7 Å². The highest BCUT2D eigenvalue weighted by Crippen LogP contribution is 2.22. The number of hydrogen-bond acceptors (Lipinski definition) is 5. The van der Waals surface area contributed by atoms with Crippen molar-refractivity contribution in [3.05, 3.63) is 71.8 Å². The summed E-state index contributed by atoms with van der Waals surface area (Å²) in [5, 5.41) is 0. The molecule has 0 atom stereocenters. The molecule has 1 aliphatic heterocycles. The van der Waals surface area contributed by atoms with Crippen LogP contribution in [0.3, 0.4) is 0 Å². The third-order valence-corrected chi connectivity index (χ3v) is 4.68. The first-order chi connectivity index (χ1) is 14.0. The van der Waals surface area contributed by atoms with Gasteiger partial charge in [-0.15, -0.1) is 0 Å². The van der Waals surface area contributed by atoms with Crippen LogP contribution in [0.1, 0.15) is 29.3 Å². The maximum Gasteiger partial charge on any atom is 0.344 e. The second-order valence-corrected chi connectivity index (χ2v) is 6.72. The van der Waals surface area contributed by atoms with Crippen LogP contribution in [0.4, 0.5) is 0 Å². The van der Waals surface area contributed by atoms with Crippen LogP contribution in [0.2, 0.25) is 0 Å². The molecule has 29 heavy (non-hydrogen) atoms. The molecule has 6 heteroatoms. The molecular formula is C23H23NO5. The van der Waals surface area contributed by atoms with Gasteiger partial charge in [-0.2, -0.15) is 0 Å². The van der Waals surface area contributed by atoms with Crippen molar-refractivity contribution in [2.24, 2.45) is 0 Å². The van der Waals surface area contributed by atoms with Gasteiger partial charge in [-0.1, -0.05) is 36.4 Å². The first-order valence-electron chi connectivity index (χ1n) is 9.44. The first-order valence-corrected chi connectivity index (χ1v) is 9.44. The van der Waals surface area contributed by atoms with E-state index in [4.69, 9.17) is 9.47 Å². The second kappa shape index (κ2) is 9.68. The minimum atomic E-state index is -0.619. The summed E-state index contributed by atoms with van der Waals surface area (Å²) in [6.45, 7) is 1.96. The van der Waals surface area contributed by atoms with Crippen LogP contribution < -0.4 is 4.74 Å². The van der Waals surface area contributed by atoms with Crippen molar-refractivity contribution < 1.29 is 23.9 Å². The van der Waals surface area contributed by atoms with Crippen LogP contribution in [0.5, 0.6) is 5.75 Å². The summed E-state index contributed by atoms with van der Waals surface area (Å²) >= 11 is 0. The Morgan fingerprint density at radius 3 is 2.31 bits per heavy atom. The number of ether oxygens (including phenoxy) is 2. The Labute approximate surface area is 169 Å². The Morgan fingerprint density at radius 2 is 1.69 bits per heavy atom. The van der Waals surface area contributed by atoms with Gasteiger partial charge in [0.2, 0.25) is 0 Å². The summed E-state index contributed by atoms with van der Waals surface area (Å²) in [7, 11) is 0. The maximum absolute atomic E-state index is 12.3. The fourth-order valence-corrected chi connectivity index (χ4v) is 3.01. The summed E-state index contributed by atoms with van der Waals surface area (Å²) in [6, 6.07) is 16.5. The fourth-order valence-electron chi connectivity index (χ4n) is 3.01. The number of carbonyl (C=O) groups excluding carboxylic acids is 3. The molecule has 2 aromatic carbocycles. The van der Waals surface area contributed by atoms with E-state index >= 15 is 0 Å². The third kappa shape index (κ3) is 5.78. The van der Waals surface area contributed by atoms with Gasteiger partial charge < -0.3 is 14.4 Å². The Kier molecular flexibility index (Phi) is 6.79. The molecule has 1 aliphatic rings. The van der Waals surface area contributed by atoms with Gasteiger partial charge in [0.25, 0.3) is 5.91 Å². The van der Waals surface area contributed by atoms with Crippen molar-refractivity contribution in [2.75, 3.05) is 26.3 Å². The topological polar surface area (TPSA) is 72.9 Å². The highest BCUT2D eigenvalue weighted by molar-refractivity contribution is 5.94. The lowest BCUT2D eigenvalue weighted by atomic mass is 10.00. The summed E-state index contributed by atoms with van der Waals surface area (Å²) in [5.41, 5.74) is 2.95. The predicted octanol–water partition coefficient (Wildman–Crippen LogP) is 3.13. The Balaban J connectivity index is 1.40. The summed E-state index contributed by atoms with van der Waals surface area (Å²) in [4.78, 5) is 37.0. The van der Waals surface area contributed by atoms with E-state index in [1.165, 1.54) is 18.1 Å². The molecule has 0 spiro atoms. The molecule has 3 rings (SSSR count). The normalized spacial score (nSPS) is 13.4. The fraction of sp³-hybridized carbons (Fsp3) is 0.261. The molecule has 1 heterocycles. The first kappa shape index (κ1) is 20.3. The van der Waals surface area contributed by atoms with E-state index in [9.17, 15) is 14.4 Å². The van der Waals surface area contributed by atoms with Crippen molar-refractivity contribution >= 4 is 23.2 Å². The highest BCUT2D eigenvalue weighted by atomic mass is 16.6. The molecule has 0 aliphatic carbocycles. The van der Waals surface area contributed by atoms with E-state index < -0.39 is 5.97 Å². The van der Waals surface area contributed by atoms with Crippen LogP contribution in [-0.4, -0.2) is 48.9 Å². The number of esters is 1. The number of ketones is 1. The van der Waals surface area contributed by atoms with Crippen molar-refractivity contribution in [1.82, 2.24) is 4.90 Å². The molecule has 0 aromatic heterocycles. The molecule has 6 nitrogen and oxygen atoms in total. The minimum Gasteiger partial charge on any atom is -0.482 e. The van der Waals surface area contributed by atoms with Crippen molar-refractivity contribution in [1.29, 1.82) is 0 Å². The van der Waals surface area contributed by atoms with Crippen molar-refractivity contribution in [3.63, 3.8) is 0 Å². The van der Waals surface area contributed by atoms with E-state index in [1.54, 1.807) is 29.2 Å². The van der Waals surface area contributed by atoms with E-state index in [0.29, 0.717) is 24.4 Å². The summed E-state index contributed by atoms with van der Waals surface area (Å²) < 4.78 is 10.3. The Morgan fingerprint density at radius 1 is 0.966 bits per heavy atom. The minimum absolute atomic E-state index is 0.0436. The van der Waals surface area contributed by atoms with Gasteiger partial charge in [0.05, 0.1) is 0 Å². The zero-order chi connectivity index (χ0) is 20.6. The number of hydrogen-bond donors (Lipinski definition) is 0. The lowest BCUT2D eigenvalue weighted by Gasteiger charge is -2.26. The van der Waals surface area contributed by atoms with Gasteiger partial charge in [-0.3, -0.25) is 9.59 Å². The van der Waals surface area contributed by atoms with Crippen molar-refractivity contribution in [2.45, 2.75) is 13.3 Å². The molecule has 0 radical (unpaired) electrons. The number of nitrogens with zero attached hydrogens (tertiary/aromatic N) is 1. The second-order valence-electron chi connectivity index (χ2n) is 6.72. The van der Waals surface area contributed by atoms with Crippen LogP contribution in [0, 0.1) is 0 Å². The zero-order valence-corrected chi connectivity index (χ0v) is 16.3. The SMILES string of the molecule is CC(=O)c1ccc(OCC(=O)OCC(=O)N2CC=C(c3ccccc3)CC2)cc1. The molecule has 0 N–H and O–H groups in total. The van der Waals surface area contributed by atoms with Gasteiger partial charge in [0.1, 0.15) is 5.75 Å². The van der Waals surface area contributed by atoms with Crippen LogP contribution >= 0.6 is 0 Å². The van der Waals surface area contributed by atoms with Crippen LogP contribution in [0.25, 0.3) is 5.57 Å². The summed E-state index contributed by atoms with van der Waals surface area (Å²) in [6.07, 6.45) is 2.80. The average Bonchev–Trinajstić information content (AvgIpc) is 2.77. The van der Waals surface area contributed by atoms with E-state index in [-0.39, 0.29) is 24.9 Å².